The van der Waals surface area contributed by atoms with Crippen molar-refractivity contribution in [2.45, 2.75) is 34.2 Å². The van der Waals surface area contributed by atoms with Crippen LogP contribution in [0.2, 0.25) is 0 Å². The smallest absolute Gasteiger partial charge is 0.266 e. The number of carbonyl (C=O) groups excluding carboxylic acids is 1. The van der Waals surface area contributed by atoms with E-state index < -0.39 is 0 Å². The third-order valence-electron chi connectivity index (χ3n) is 4.72. The molecule has 0 unspecified atom stereocenters. The van der Waals surface area contributed by atoms with E-state index in [0.29, 0.717) is 16.6 Å². The summed E-state index contributed by atoms with van der Waals surface area (Å²) in [6.45, 7) is 9.80. The van der Waals surface area contributed by atoms with E-state index in [2.05, 4.69) is 36.4 Å². The Morgan fingerprint density at radius 1 is 1.15 bits per heavy atom. The molecule has 2 aromatic rings. The van der Waals surface area contributed by atoms with Crippen LogP contribution in [-0.2, 0) is 11.3 Å². The molecule has 1 amide bonds. The molecule has 1 saturated heterocycles. The molecular weight excluding hydrogens is 358 g/mol. The van der Waals surface area contributed by atoms with Crippen molar-refractivity contribution in [2.75, 3.05) is 13.7 Å². The maximum absolute atomic E-state index is 12.8. The van der Waals surface area contributed by atoms with Crippen molar-refractivity contribution < 1.29 is 9.53 Å². The normalized spacial score (nSPS) is 17.4. The number of nitrogens with zero attached hydrogens (tertiary/aromatic N) is 3. The first-order valence-electron chi connectivity index (χ1n) is 9.09. The predicted molar refractivity (Wildman–Crippen MR) is 113 cm³/mol. The molecule has 0 aliphatic carbocycles. The molecule has 0 bridgehead atoms. The molecule has 27 heavy (non-hydrogen) atoms. The van der Waals surface area contributed by atoms with Gasteiger partial charge in [0.1, 0.15) is 5.75 Å². The van der Waals surface area contributed by atoms with Crippen molar-refractivity contribution in [3.63, 3.8) is 0 Å². The summed E-state index contributed by atoms with van der Waals surface area (Å²) in [5.74, 6) is 0.796. The third kappa shape index (κ3) is 3.81. The Morgan fingerprint density at radius 3 is 2.41 bits per heavy atom. The maximum atomic E-state index is 12.8. The molecule has 1 fully saturated rings. The van der Waals surface area contributed by atoms with Crippen LogP contribution in [0, 0.1) is 13.8 Å². The number of ether oxygens (including phenoxy) is 1. The van der Waals surface area contributed by atoms with Gasteiger partial charge in [0.15, 0.2) is 5.17 Å². The van der Waals surface area contributed by atoms with Crippen molar-refractivity contribution in [3.05, 3.63) is 52.2 Å². The molecule has 0 atom stereocenters. The Labute approximate surface area is 164 Å². The summed E-state index contributed by atoms with van der Waals surface area (Å²) >= 11 is 1.43. The third-order valence-corrected chi connectivity index (χ3v) is 5.72. The van der Waals surface area contributed by atoms with E-state index in [1.165, 1.54) is 23.1 Å². The number of aromatic nitrogens is 1. The van der Waals surface area contributed by atoms with E-state index in [1.807, 2.05) is 37.3 Å². The summed E-state index contributed by atoms with van der Waals surface area (Å²) in [5, 5.41) is 0.711. The number of hydrogen-bond donors (Lipinski definition) is 0. The lowest BCUT2D eigenvalue weighted by molar-refractivity contribution is -0.122. The highest BCUT2D eigenvalue weighted by atomic mass is 32.2. The van der Waals surface area contributed by atoms with Crippen molar-refractivity contribution >= 4 is 34.6 Å². The molecule has 0 radical (unpaired) electrons. The minimum atomic E-state index is 0.0102. The quantitative estimate of drug-likeness (QED) is 0.700. The highest BCUT2D eigenvalue weighted by Crippen LogP contribution is 2.35. The summed E-state index contributed by atoms with van der Waals surface area (Å²) in [6, 6.07) is 9.65. The van der Waals surface area contributed by atoms with E-state index in [9.17, 15) is 4.79 Å². The lowest BCUT2D eigenvalue weighted by Crippen LogP contribution is -2.28. The minimum Gasteiger partial charge on any atom is -0.497 e. The molecular formula is C21H25N3O2S. The van der Waals surface area contributed by atoms with Crippen LogP contribution in [0.5, 0.6) is 5.75 Å². The number of carbonyl (C=O) groups is 1. The van der Waals surface area contributed by atoms with Crippen LogP contribution >= 0.6 is 11.8 Å². The second kappa shape index (κ2) is 8.05. The molecule has 1 aliphatic rings. The molecule has 1 aromatic heterocycles. The first-order chi connectivity index (χ1) is 13.0. The van der Waals surface area contributed by atoms with Gasteiger partial charge in [0.2, 0.25) is 0 Å². The van der Waals surface area contributed by atoms with Crippen LogP contribution in [0.25, 0.3) is 6.08 Å². The predicted octanol–water partition coefficient (Wildman–Crippen LogP) is 4.76. The van der Waals surface area contributed by atoms with Gasteiger partial charge < -0.3 is 9.30 Å². The second-order valence-corrected chi connectivity index (χ2v) is 7.33. The number of amidine groups is 1. The second-order valence-electron chi connectivity index (χ2n) is 6.32. The molecule has 5 nitrogen and oxygen atoms in total. The first kappa shape index (κ1) is 19.3. The number of hydrogen-bond acceptors (Lipinski definition) is 4. The van der Waals surface area contributed by atoms with E-state index in [1.54, 1.807) is 12.0 Å². The van der Waals surface area contributed by atoms with Gasteiger partial charge in [-0.15, -0.1) is 0 Å². The standard InChI is InChI=1S/C21H25N3O2S/c1-6-23-14(3)12-16(15(23)4)13-19-20(25)24(7-2)21(27-19)22-17-8-10-18(26-5)11-9-17/h8-13H,6-7H2,1-5H3/b19-13+,22-21?. The number of likely N-dealkylation sites (N-methyl/N-ethyl adjacent to an activating group) is 1. The Hall–Kier alpha value is -2.47. The van der Waals surface area contributed by atoms with Gasteiger partial charge in [-0.05, 0) is 81.4 Å². The topological polar surface area (TPSA) is 46.8 Å². The van der Waals surface area contributed by atoms with Crippen LogP contribution < -0.4 is 4.74 Å². The number of methoxy groups -OCH3 is 1. The fourth-order valence-corrected chi connectivity index (χ4v) is 4.29. The van der Waals surface area contributed by atoms with Crippen LogP contribution in [0.15, 0.2) is 40.2 Å². The van der Waals surface area contributed by atoms with Gasteiger partial charge in [0.05, 0.1) is 17.7 Å². The monoisotopic (exact) mass is 383 g/mol. The van der Waals surface area contributed by atoms with Crippen molar-refractivity contribution in [2.24, 2.45) is 4.99 Å². The molecule has 0 N–H and O–H groups in total. The molecule has 1 aliphatic heterocycles. The van der Waals surface area contributed by atoms with Crippen molar-refractivity contribution in [3.8, 4) is 5.75 Å². The van der Waals surface area contributed by atoms with Gasteiger partial charge in [0.25, 0.3) is 5.91 Å². The Kier molecular flexibility index (Phi) is 5.75. The van der Waals surface area contributed by atoms with Gasteiger partial charge in [0, 0.05) is 24.5 Å². The number of aliphatic imine (C=N–C) groups is 1. The number of amides is 1. The van der Waals surface area contributed by atoms with Crippen LogP contribution in [0.4, 0.5) is 5.69 Å². The number of thioether (sulfide) groups is 1. The molecule has 6 heteroatoms. The van der Waals surface area contributed by atoms with Gasteiger partial charge in [-0.3, -0.25) is 9.69 Å². The van der Waals surface area contributed by atoms with Gasteiger partial charge in [-0.25, -0.2) is 4.99 Å². The van der Waals surface area contributed by atoms with Crippen LogP contribution in [0.3, 0.4) is 0 Å². The average Bonchev–Trinajstić information content (AvgIpc) is 3.11. The van der Waals surface area contributed by atoms with Crippen molar-refractivity contribution in [1.82, 2.24) is 9.47 Å². The Bertz CT molecular complexity index is 910. The lowest BCUT2D eigenvalue weighted by Gasteiger charge is -2.12. The summed E-state index contributed by atoms with van der Waals surface area (Å²) in [4.78, 5) is 19.9. The van der Waals surface area contributed by atoms with Gasteiger partial charge >= 0.3 is 0 Å². The summed E-state index contributed by atoms with van der Waals surface area (Å²) in [5.41, 5.74) is 4.28. The summed E-state index contributed by atoms with van der Waals surface area (Å²) in [6.07, 6.45) is 1.99. The highest BCUT2D eigenvalue weighted by Gasteiger charge is 2.32. The van der Waals surface area contributed by atoms with E-state index in [-0.39, 0.29) is 5.91 Å². The SMILES string of the molecule is CCN1C(=O)/C(=C\c2cc(C)n(CC)c2C)SC1=Nc1ccc(OC)cc1. The zero-order chi connectivity index (χ0) is 19.6. The summed E-state index contributed by atoms with van der Waals surface area (Å²) < 4.78 is 7.44. The Balaban J connectivity index is 1.93. The van der Waals surface area contributed by atoms with Crippen molar-refractivity contribution in [1.29, 1.82) is 0 Å². The zero-order valence-electron chi connectivity index (χ0n) is 16.4. The molecule has 0 spiro atoms. The minimum absolute atomic E-state index is 0.0102. The molecule has 3 rings (SSSR count). The fraction of sp³-hybridized carbons (Fsp3) is 0.333. The highest BCUT2D eigenvalue weighted by molar-refractivity contribution is 8.18. The molecule has 0 saturated carbocycles. The fourth-order valence-electron chi connectivity index (χ4n) is 3.24. The van der Waals surface area contributed by atoms with Gasteiger partial charge in [-0.2, -0.15) is 0 Å². The lowest BCUT2D eigenvalue weighted by atomic mass is 10.2. The zero-order valence-corrected chi connectivity index (χ0v) is 17.3. The number of benzene rings is 1. The molecule has 1 aromatic carbocycles. The number of rotatable bonds is 5. The molecule has 2 heterocycles. The largest absolute Gasteiger partial charge is 0.497 e. The number of aryl methyl sites for hydroxylation is 1. The molecule has 142 valence electrons. The first-order valence-corrected chi connectivity index (χ1v) is 9.91. The van der Waals surface area contributed by atoms with E-state index in [0.717, 1.165) is 23.5 Å². The van der Waals surface area contributed by atoms with Crippen LogP contribution in [-0.4, -0.2) is 34.2 Å². The van der Waals surface area contributed by atoms with Crippen LogP contribution in [0.1, 0.15) is 30.8 Å². The summed E-state index contributed by atoms with van der Waals surface area (Å²) in [7, 11) is 1.64. The van der Waals surface area contributed by atoms with Gasteiger partial charge in [-0.1, -0.05) is 0 Å². The average molecular weight is 384 g/mol. The van der Waals surface area contributed by atoms with E-state index in [4.69, 9.17) is 4.74 Å². The Morgan fingerprint density at radius 2 is 1.85 bits per heavy atom. The van der Waals surface area contributed by atoms with E-state index >= 15 is 0 Å². The maximum Gasteiger partial charge on any atom is 0.266 e.